The SMILES string of the molecule is CCCCCCCCCCCn1cc[n+](CC(O)(P(=O)(O)O)P(=O)(O)O)c1. The zero-order valence-electron chi connectivity index (χ0n) is 15.9. The Morgan fingerprint density at radius 1 is 0.889 bits per heavy atom. The fourth-order valence-electron chi connectivity index (χ4n) is 2.87. The molecule has 0 spiro atoms. The Morgan fingerprint density at radius 3 is 1.85 bits per heavy atom. The van der Waals surface area contributed by atoms with Crippen molar-refractivity contribution in [1.82, 2.24) is 4.57 Å². The van der Waals surface area contributed by atoms with Crippen LogP contribution in [0.1, 0.15) is 64.7 Å². The van der Waals surface area contributed by atoms with Crippen LogP contribution in [-0.2, 0) is 22.2 Å². The summed E-state index contributed by atoms with van der Waals surface area (Å²) in [7, 11) is -10.9. The zero-order chi connectivity index (χ0) is 20.6. The van der Waals surface area contributed by atoms with E-state index in [0.29, 0.717) is 6.54 Å². The molecule has 5 N–H and O–H groups in total. The lowest BCUT2D eigenvalue weighted by Crippen LogP contribution is -2.46. The molecule has 0 atom stereocenters. The Bertz CT molecular complexity index is 631. The molecule has 0 aromatic carbocycles. The maximum absolute atomic E-state index is 11.4. The second-order valence-corrected chi connectivity index (χ2v) is 11.0. The van der Waals surface area contributed by atoms with Crippen molar-refractivity contribution in [1.29, 1.82) is 0 Å². The summed E-state index contributed by atoms with van der Waals surface area (Å²) in [6.45, 7) is 1.99. The highest BCUT2D eigenvalue weighted by Gasteiger charge is 2.61. The molecule has 158 valence electrons. The third-order valence-electron chi connectivity index (χ3n) is 4.59. The highest BCUT2D eigenvalue weighted by molar-refractivity contribution is 7.72. The Morgan fingerprint density at radius 2 is 1.37 bits per heavy atom. The minimum absolute atomic E-state index is 0.688. The van der Waals surface area contributed by atoms with Crippen LogP contribution in [0.4, 0.5) is 0 Å². The first-order chi connectivity index (χ1) is 12.5. The lowest BCUT2D eigenvalue weighted by Gasteiger charge is -2.27. The Balaban J connectivity index is 2.43. The first-order valence-corrected chi connectivity index (χ1v) is 12.6. The fraction of sp³-hybridized carbons (Fsp3) is 0.812. The fourth-order valence-corrected chi connectivity index (χ4v) is 4.92. The van der Waals surface area contributed by atoms with Crippen molar-refractivity contribution < 1.29 is 38.4 Å². The van der Waals surface area contributed by atoms with E-state index in [-0.39, 0.29) is 0 Å². The summed E-state index contributed by atoms with van der Waals surface area (Å²) in [4.78, 5) is 36.7. The number of rotatable bonds is 14. The van der Waals surface area contributed by atoms with Crippen LogP contribution in [0.5, 0.6) is 0 Å². The number of aromatic nitrogens is 2. The molecule has 0 radical (unpaired) electrons. The van der Waals surface area contributed by atoms with Gasteiger partial charge >= 0.3 is 20.3 Å². The number of aliphatic hydroxyl groups is 1. The first-order valence-electron chi connectivity index (χ1n) is 9.40. The third-order valence-corrected chi connectivity index (χ3v) is 8.31. The van der Waals surface area contributed by atoms with Gasteiger partial charge in [0.15, 0.2) is 0 Å². The minimum Gasteiger partial charge on any atom is -0.365 e. The molecule has 1 rings (SSSR count). The number of hydrogen-bond acceptors (Lipinski definition) is 3. The van der Waals surface area contributed by atoms with Crippen molar-refractivity contribution in [2.45, 2.75) is 82.9 Å². The van der Waals surface area contributed by atoms with Crippen LogP contribution in [0, 0.1) is 0 Å². The van der Waals surface area contributed by atoms with Crippen molar-refractivity contribution in [3.05, 3.63) is 18.7 Å². The van der Waals surface area contributed by atoms with E-state index in [1.54, 1.807) is 10.8 Å². The van der Waals surface area contributed by atoms with E-state index in [1.165, 1.54) is 55.6 Å². The second kappa shape index (κ2) is 10.9. The topological polar surface area (TPSA) is 144 Å². The molecule has 9 nitrogen and oxygen atoms in total. The van der Waals surface area contributed by atoms with Gasteiger partial charge in [0, 0.05) is 0 Å². The Hall–Kier alpha value is -0.530. The molecule has 0 unspecified atom stereocenters. The van der Waals surface area contributed by atoms with E-state index >= 15 is 0 Å². The summed E-state index contributed by atoms with van der Waals surface area (Å²) < 4.78 is 25.7. The largest absolute Gasteiger partial charge is 0.373 e. The highest BCUT2D eigenvalue weighted by Crippen LogP contribution is 2.67. The van der Waals surface area contributed by atoms with Crippen molar-refractivity contribution in [3.8, 4) is 0 Å². The van der Waals surface area contributed by atoms with E-state index in [1.807, 2.05) is 0 Å². The van der Waals surface area contributed by atoms with Crippen LogP contribution in [0.25, 0.3) is 0 Å². The summed E-state index contributed by atoms with van der Waals surface area (Å²) in [5.41, 5.74) is 0. The van der Waals surface area contributed by atoms with Gasteiger partial charge in [0.2, 0.25) is 6.33 Å². The molecule has 1 heterocycles. The number of imidazole rings is 1. The second-order valence-electron chi connectivity index (χ2n) is 7.01. The van der Waals surface area contributed by atoms with Crippen LogP contribution in [-0.4, -0.2) is 34.3 Å². The Labute approximate surface area is 160 Å². The van der Waals surface area contributed by atoms with E-state index < -0.39 is 26.8 Å². The van der Waals surface area contributed by atoms with E-state index in [9.17, 15) is 33.8 Å². The van der Waals surface area contributed by atoms with E-state index in [0.717, 1.165) is 19.3 Å². The summed E-state index contributed by atoms with van der Waals surface area (Å²) in [6.07, 6.45) is 15.3. The van der Waals surface area contributed by atoms with Crippen molar-refractivity contribution >= 4 is 15.2 Å². The first kappa shape index (κ1) is 24.5. The smallest absolute Gasteiger partial charge is 0.365 e. The van der Waals surface area contributed by atoms with E-state index in [2.05, 4.69) is 6.92 Å². The molecule has 0 saturated heterocycles. The molecular weight excluding hydrogens is 394 g/mol. The predicted octanol–water partition coefficient (Wildman–Crippen LogP) is 2.31. The normalized spacial score (nSPS) is 13.3. The molecule has 11 heteroatoms. The van der Waals surface area contributed by atoms with Gasteiger partial charge in [0.05, 0.1) is 6.54 Å². The molecule has 0 saturated carbocycles. The number of nitrogens with zero attached hydrogens (tertiary/aromatic N) is 2. The van der Waals surface area contributed by atoms with Crippen molar-refractivity contribution in [2.75, 3.05) is 0 Å². The summed E-state index contributed by atoms with van der Waals surface area (Å²) in [5, 5.41) is 6.51. The Kier molecular flexibility index (Phi) is 9.86. The third kappa shape index (κ3) is 7.78. The van der Waals surface area contributed by atoms with Gasteiger partial charge in [0.25, 0.3) is 0 Å². The highest BCUT2D eigenvalue weighted by atomic mass is 31.2. The van der Waals surface area contributed by atoms with Gasteiger partial charge in [-0.25, -0.2) is 9.13 Å². The number of hydrogen-bond donors (Lipinski definition) is 5. The molecule has 1 aromatic rings. The molecule has 0 aliphatic rings. The van der Waals surface area contributed by atoms with Gasteiger partial charge in [-0.05, 0) is 12.8 Å². The summed E-state index contributed by atoms with van der Waals surface area (Å²) in [5.74, 6) is 0. The van der Waals surface area contributed by atoms with Gasteiger partial charge in [-0.15, -0.1) is 0 Å². The zero-order valence-corrected chi connectivity index (χ0v) is 17.6. The van der Waals surface area contributed by atoms with Crippen LogP contribution in [0.2, 0.25) is 0 Å². The molecule has 0 bridgehead atoms. The van der Waals surface area contributed by atoms with Gasteiger partial charge in [-0.3, -0.25) is 9.13 Å². The molecule has 0 fully saturated rings. The molecular formula is C16H33N2O7P2+. The van der Waals surface area contributed by atoms with Gasteiger partial charge < -0.3 is 24.7 Å². The van der Waals surface area contributed by atoms with Gasteiger partial charge in [0.1, 0.15) is 18.9 Å². The number of unbranched alkanes of at least 4 members (excludes halogenated alkanes) is 8. The van der Waals surface area contributed by atoms with E-state index in [4.69, 9.17) is 0 Å². The van der Waals surface area contributed by atoms with Gasteiger partial charge in [-0.2, -0.15) is 0 Å². The van der Waals surface area contributed by atoms with Crippen LogP contribution in [0.3, 0.4) is 0 Å². The monoisotopic (exact) mass is 427 g/mol. The lowest BCUT2D eigenvalue weighted by atomic mass is 10.1. The number of aryl methyl sites for hydroxylation is 1. The molecule has 1 aromatic heterocycles. The lowest BCUT2D eigenvalue weighted by molar-refractivity contribution is -0.703. The molecule has 0 amide bonds. The summed E-state index contributed by atoms with van der Waals surface area (Å²) >= 11 is 0. The maximum atomic E-state index is 11.4. The van der Waals surface area contributed by atoms with Crippen molar-refractivity contribution in [2.24, 2.45) is 0 Å². The van der Waals surface area contributed by atoms with Crippen LogP contribution >= 0.6 is 15.2 Å². The minimum atomic E-state index is -5.45. The maximum Gasteiger partial charge on any atom is 0.373 e. The quantitative estimate of drug-likeness (QED) is 0.174. The average Bonchev–Trinajstić information content (AvgIpc) is 2.98. The van der Waals surface area contributed by atoms with Crippen LogP contribution in [0.15, 0.2) is 18.7 Å². The average molecular weight is 427 g/mol. The summed E-state index contributed by atoms with van der Waals surface area (Å²) in [6, 6.07) is 0. The van der Waals surface area contributed by atoms with Crippen molar-refractivity contribution in [3.63, 3.8) is 0 Å². The molecule has 27 heavy (non-hydrogen) atoms. The molecule has 0 aliphatic heterocycles. The van der Waals surface area contributed by atoms with Gasteiger partial charge in [-0.1, -0.05) is 51.9 Å². The molecule has 0 aliphatic carbocycles. The standard InChI is InChI=1S/C16H32N2O7P2/c1-2-3-4-5-6-7-8-9-10-11-17-12-13-18(15-17)14-16(19,26(20,21)22)27(23,24)25/h12-13,15,19H,2-11,14H2,1H3,(H3-,20,21,22,23,24,25)/p+1. The predicted molar refractivity (Wildman–Crippen MR) is 101 cm³/mol. The van der Waals surface area contributed by atoms with Crippen LogP contribution < -0.4 is 4.57 Å².